The average Bonchev–Trinajstić information content (AvgIpc) is 2.49. The minimum absolute atomic E-state index is 0.217. The van der Waals surface area contributed by atoms with E-state index >= 15 is 0 Å². The van der Waals surface area contributed by atoms with Gasteiger partial charge in [0.15, 0.2) is 0 Å². The quantitative estimate of drug-likeness (QED) is 0.504. The number of hydrogen-bond acceptors (Lipinski definition) is 5. The summed E-state index contributed by atoms with van der Waals surface area (Å²) < 4.78 is 15.4. The molecule has 0 saturated heterocycles. The molecule has 0 bridgehead atoms. The largest absolute Gasteiger partial charge is 0.496 e. The number of amides is 1. The average molecular weight is 296 g/mol. The molecular weight excluding hydrogens is 272 g/mol. The fourth-order valence-electron chi connectivity index (χ4n) is 1.82. The van der Waals surface area contributed by atoms with Crippen LogP contribution < -0.4 is 15.8 Å². The van der Waals surface area contributed by atoms with Crippen molar-refractivity contribution in [2.45, 2.75) is 12.8 Å². The molecular formula is C15H24N2O4. The van der Waals surface area contributed by atoms with E-state index in [1.54, 1.807) is 25.3 Å². The SMILES string of the molecule is COCCOCCCCNC(=O)c1c(N)cccc1OC. The molecule has 0 heterocycles. The van der Waals surface area contributed by atoms with Crippen LogP contribution in [0.5, 0.6) is 5.75 Å². The van der Waals surface area contributed by atoms with Gasteiger partial charge in [0, 0.05) is 25.9 Å². The molecule has 0 aliphatic carbocycles. The highest BCUT2D eigenvalue weighted by Crippen LogP contribution is 2.23. The number of nitrogens with one attached hydrogen (secondary N) is 1. The second-order valence-corrected chi connectivity index (χ2v) is 4.49. The maximum Gasteiger partial charge on any atom is 0.257 e. The monoisotopic (exact) mass is 296 g/mol. The molecule has 1 rings (SSSR count). The zero-order valence-corrected chi connectivity index (χ0v) is 12.7. The molecule has 21 heavy (non-hydrogen) atoms. The number of methoxy groups -OCH3 is 2. The van der Waals surface area contributed by atoms with Crippen LogP contribution >= 0.6 is 0 Å². The van der Waals surface area contributed by atoms with Gasteiger partial charge in [0.2, 0.25) is 0 Å². The molecule has 6 nitrogen and oxygen atoms in total. The highest BCUT2D eigenvalue weighted by atomic mass is 16.5. The number of rotatable bonds is 10. The second-order valence-electron chi connectivity index (χ2n) is 4.49. The molecule has 0 radical (unpaired) electrons. The van der Waals surface area contributed by atoms with Crippen molar-refractivity contribution in [1.82, 2.24) is 5.32 Å². The number of benzene rings is 1. The zero-order valence-electron chi connectivity index (χ0n) is 12.7. The van der Waals surface area contributed by atoms with Crippen LogP contribution in [0.4, 0.5) is 5.69 Å². The van der Waals surface area contributed by atoms with Gasteiger partial charge in [-0.1, -0.05) is 6.07 Å². The Kier molecular flexibility index (Phi) is 8.23. The third-order valence-electron chi connectivity index (χ3n) is 2.94. The van der Waals surface area contributed by atoms with E-state index in [9.17, 15) is 4.79 Å². The molecule has 3 N–H and O–H groups in total. The van der Waals surface area contributed by atoms with E-state index < -0.39 is 0 Å². The lowest BCUT2D eigenvalue weighted by molar-refractivity contribution is 0.0686. The number of ether oxygens (including phenoxy) is 3. The highest BCUT2D eigenvalue weighted by Gasteiger charge is 2.14. The van der Waals surface area contributed by atoms with Crippen LogP contribution in [0.3, 0.4) is 0 Å². The van der Waals surface area contributed by atoms with Gasteiger partial charge in [-0.25, -0.2) is 0 Å². The predicted molar refractivity (Wildman–Crippen MR) is 81.7 cm³/mol. The summed E-state index contributed by atoms with van der Waals surface area (Å²) in [5.74, 6) is 0.264. The Labute approximate surface area is 125 Å². The Bertz CT molecular complexity index is 438. The first-order valence-corrected chi connectivity index (χ1v) is 6.98. The fraction of sp³-hybridized carbons (Fsp3) is 0.533. The Morgan fingerprint density at radius 1 is 1.19 bits per heavy atom. The number of nitrogens with two attached hydrogens (primary N) is 1. The lowest BCUT2D eigenvalue weighted by Crippen LogP contribution is -2.26. The first kappa shape index (κ1) is 17.3. The minimum atomic E-state index is -0.217. The zero-order chi connectivity index (χ0) is 15.5. The van der Waals surface area contributed by atoms with Crippen LogP contribution in [-0.2, 0) is 9.47 Å². The van der Waals surface area contributed by atoms with Gasteiger partial charge < -0.3 is 25.3 Å². The van der Waals surface area contributed by atoms with Crippen molar-refractivity contribution < 1.29 is 19.0 Å². The molecule has 1 aromatic rings. The molecule has 1 amide bonds. The number of nitrogen functional groups attached to an aromatic ring is 1. The van der Waals surface area contributed by atoms with Crippen LogP contribution in [0.15, 0.2) is 18.2 Å². The molecule has 0 spiro atoms. The van der Waals surface area contributed by atoms with Crippen LogP contribution in [0.1, 0.15) is 23.2 Å². The van der Waals surface area contributed by atoms with E-state index in [1.807, 2.05) is 0 Å². The molecule has 0 fully saturated rings. The topological polar surface area (TPSA) is 82.8 Å². The molecule has 118 valence electrons. The normalized spacial score (nSPS) is 10.4. The molecule has 0 saturated carbocycles. The summed E-state index contributed by atoms with van der Waals surface area (Å²) in [7, 11) is 3.16. The van der Waals surface area contributed by atoms with Gasteiger partial charge in [-0.05, 0) is 25.0 Å². The van der Waals surface area contributed by atoms with Gasteiger partial charge in [-0.3, -0.25) is 4.79 Å². The van der Waals surface area contributed by atoms with Crippen molar-refractivity contribution in [3.05, 3.63) is 23.8 Å². The minimum Gasteiger partial charge on any atom is -0.496 e. The molecule has 0 aliphatic heterocycles. The van der Waals surface area contributed by atoms with Crippen molar-refractivity contribution in [3.63, 3.8) is 0 Å². The van der Waals surface area contributed by atoms with Gasteiger partial charge in [0.25, 0.3) is 5.91 Å². The van der Waals surface area contributed by atoms with Crippen LogP contribution in [-0.4, -0.2) is 46.5 Å². The Morgan fingerprint density at radius 3 is 2.71 bits per heavy atom. The van der Waals surface area contributed by atoms with Crippen LogP contribution in [0, 0.1) is 0 Å². The maximum absolute atomic E-state index is 12.1. The lowest BCUT2D eigenvalue weighted by Gasteiger charge is -2.11. The summed E-state index contributed by atoms with van der Waals surface area (Å²) in [6, 6.07) is 5.15. The van der Waals surface area contributed by atoms with Gasteiger partial charge in [-0.15, -0.1) is 0 Å². The van der Waals surface area contributed by atoms with E-state index in [4.69, 9.17) is 19.9 Å². The smallest absolute Gasteiger partial charge is 0.257 e. The fourth-order valence-corrected chi connectivity index (χ4v) is 1.82. The number of carbonyl (C=O) groups is 1. The van der Waals surface area contributed by atoms with E-state index in [0.29, 0.717) is 43.4 Å². The van der Waals surface area contributed by atoms with Crippen molar-refractivity contribution in [1.29, 1.82) is 0 Å². The third-order valence-corrected chi connectivity index (χ3v) is 2.94. The molecule has 6 heteroatoms. The van der Waals surface area contributed by atoms with E-state index in [2.05, 4.69) is 5.32 Å². The van der Waals surface area contributed by atoms with Crippen molar-refractivity contribution >= 4 is 11.6 Å². The third kappa shape index (κ3) is 6.01. The number of anilines is 1. The van der Waals surface area contributed by atoms with Gasteiger partial charge >= 0.3 is 0 Å². The molecule has 0 aromatic heterocycles. The van der Waals surface area contributed by atoms with Crippen LogP contribution in [0.2, 0.25) is 0 Å². The summed E-state index contributed by atoms with van der Waals surface area (Å²) >= 11 is 0. The molecule has 1 aromatic carbocycles. The first-order valence-electron chi connectivity index (χ1n) is 6.98. The van der Waals surface area contributed by atoms with E-state index in [1.165, 1.54) is 7.11 Å². The van der Waals surface area contributed by atoms with E-state index in [0.717, 1.165) is 12.8 Å². The summed E-state index contributed by atoms with van der Waals surface area (Å²) in [6.45, 7) is 2.43. The summed E-state index contributed by atoms with van der Waals surface area (Å²) in [5, 5.41) is 2.84. The summed E-state index contributed by atoms with van der Waals surface area (Å²) in [6.07, 6.45) is 1.72. The molecule has 0 aliphatic rings. The van der Waals surface area contributed by atoms with Crippen molar-refractivity contribution in [2.75, 3.05) is 46.3 Å². The standard InChI is InChI=1S/C15H24N2O4/c1-19-10-11-21-9-4-3-8-17-15(18)14-12(16)6-5-7-13(14)20-2/h5-7H,3-4,8-11,16H2,1-2H3,(H,17,18). The number of carbonyl (C=O) groups excluding carboxylic acids is 1. The predicted octanol–water partition coefficient (Wildman–Crippen LogP) is 1.45. The number of hydrogen-bond donors (Lipinski definition) is 2. The van der Waals surface area contributed by atoms with E-state index in [-0.39, 0.29) is 5.91 Å². The Hall–Kier alpha value is -1.79. The molecule has 0 atom stereocenters. The van der Waals surface area contributed by atoms with Gasteiger partial charge in [-0.2, -0.15) is 0 Å². The van der Waals surface area contributed by atoms with Gasteiger partial charge in [0.1, 0.15) is 11.3 Å². The second kappa shape index (κ2) is 10.0. The van der Waals surface area contributed by atoms with Gasteiger partial charge in [0.05, 0.1) is 20.3 Å². The van der Waals surface area contributed by atoms with Crippen LogP contribution in [0.25, 0.3) is 0 Å². The Balaban J connectivity index is 2.28. The summed E-state index contributed by atoms with van der Waals surface area (Å²) in [4.78, 5) is 12.1. The number of unbranched alkanes of at least 4 members (excludes halogenated alkanes) is 1. The van der Waals surface area contributed by atoms with Crippen molar-refractivity contribution in [2.24, 2.45) is 0 Å². The lowest BCUT2D eigenvalue weighted by atomic mass is 10.1. The summed E-state index contributed by atoms with van der Waals surface area (Å²) in [5.41, 5.74) is 6.62. The first-order chi connectivity index (χ1) is 10.2. The van der Waals surface area contributed by atoms with Crippen molar-refractivity contribution in [3.8, 4) is 5.75 Å². The molecule has 0 unspecified atom stereocenters. The maximum atomic E-state index is 12.1. The Morgan fingerprint density at radius 2 is 2.00 bits per heavy atom. The highest BCUT2D eigenvalue weighted by molar-refractivity contribution is 6.01.